The van der Waals surface area contributed by atoms with Crippen molar-refractivity contribution in [3.05, 3.63) is 334 Å². The van der Waals surface area contributed by atoms with Crippen molar-refractivity contribution in [2.24, 2.45) is 0 Å². The van der Waals surface area contributed by atoms with Gasteiger partial charge in [0.2, 0.25) is 23.1 Å². The van der Waals surface area contributed by atoms with Crippen LogP contribution in [0, 0.1) is 98.8 Å². The van der Waals surface area contributed by atoms with E-state index in [1.165, 1.54) is 0 Å². The third kappa shape index (κ3) is 11.5. The molecule has 0 fully saturated rings. The Bertz CT molecular complexity index is 5130. The largest absolute Gasteiger partial charge is 0.329 e. The van der Waals surface area contributed by atoms with E-state index in [2.05, 4.69) is 241 Å². The van der Waals surface area contributed by atoms with E-state index in [0.717, 1.165) is 156 Å². The Balaban J connectivity index is 0.888. The summed E-state index contributed by atoms with van der Waals surface area (Å²) in [6.45, 7) is -0.148. The molecule has 0 saturated carbocycles. The molecule has 0 aliphatic heterocycles. The number of ether oxygens (including phenoxy) is 8. The molecule has 0 atom stereocenters. The predicted octanol–water partition coefficient (Wildman–Crippen LogP) is 18.7. The molecule has 0 saturated heterocycles. The second kappa shape index (κ2) is 29.3. The van der Waals surface area contributed by atoms with E-state index >= 15 is 0 Å². The van der Waals surface area contributed by atoms with E-state index < -0.39 is 28.6 Å². The van der Waals surface area contributed by atoms with Gasteiger partial charge in [-0.2, -0.15) is 0 Å². The maximum Gasteiger partial charge on any atom is 0.225 e. The zero-order valence-electron chi connectivity index (χ0n) is 59.4. The van der Waals surface area contributed by atoms with Gasteiger partial charge in [-0.3, -0.25) is 0 Å². The Kier molecular flexibility index (Phi) is 18.8. The van der Waals surface area contributed by atoms with Crippen LogP contribution in [0.3, 0.4) is 0 Å². The molecule has 16 rings (SSSR count). The molecule has 0 heterocycles. The number of fused-ring (bicyclic) bond motifs is 12. The lowest BCUT2D eigenvalue weighted by Gasteiger charge is -2.37. The minimum atomic E-state index is -1.36. The van der Waals surface area contributed by atoms with Gasteiger partial charge >= 0.3 is 0 Å². The maximum absolute atomic E-state index is 6.59. The lowest BCUT2D eigenvalue weighted by atomic mass is 9.64. The molecule has 520 valence electrons. The van der Waals surface area contributed by atoms with Gasteiger partial charge in [0, 0.05) is 44.5 Å². The third-order valence-corrected chi connectivity index (χ3v) is 21.3. The summed E-state index contributed by atoms with van der Waals surface area (Å²) in [5.41, 5.74) is 24.4. The van der Waals surface area contributed by atoms with E-state index in [0.29, 0.717) is 0 Å². The highest BCUT2D eigenvalue weighted by Crippen LogP contribution is 2.57. The molecule has 0 N–H and O–H groups in total. The van der Waals surface area contributed by atoms with Crippen LogP contribution in [0.4, 0.5) is 0 Å². The summed E-state index contributed by atoms with van der Waals surface area (Å²) in [5.74, 6) is 15.9. The van der Waals surface area contributed by atoms with E-state index in [1.54, 1.807) is 0 Å². The maximum atomic E-state index is 6.59. The number of rotatable bonds is 24. The Morgan fingerprint density at radius 1 is 0.193 bits per heavy atom. The average Bonchev–Trinajstić information content (AvgIpc) is 1.34. The van der Waals surface area contributed by atoms with Crippen LogP contribution in [0.25, 0.3) is 89.0 Å². The van der Waals surface area contributed by atoms with Crippen molar-refractivity contribution in [2.75, 3.05) is 52.9 Å². The molecular weight excluding hydrogens is 1340 g/mol. The van der Waals surface area contributed by atoms with Gasteiger partial charge in [-0.05, 0) is 136 Å². The second-order valence-corrected chi connectivity index (χ2v) is 26.7. The zero-order chi connectivity index (χ0) is 74.7. The fraction of sp³-hybridized carbons (Fsp3) is 0.129. The molecule has 8 nitrogen and oxygen atoms in total. The smallest absolute Gasteiger partial charge is 0.225 e. The van der Waals surface area contributed by atoms with Gasteiger partial charge in [0.1, 0.15) is 52.9 Å². The number of terminal acetylenes is 8. The first-order valence-electron chi connectivity index (χ1n) is 35.6. The van der Waals surface area contributed by atoms with Crippen LogP contribution < -0.4 is 0 Å². The molecule has 0 bridgehead atoms. The summed E-state index contributed by atoms with van der Waals surface area (Å²) in [5, 5.41) is 0. The van der Waals surface area contributed by atoms with Gasteiger partial charge in [0.15, 0.2) is 0 Å². The van der Waals surface area contributed by atoms with E-state index in [9.17, 15) is 0 Å². The van der Waals surface area contributed by atoms with Gasteiger partial charge in [0.25, 0.3) is 0 Å². The molecule has 0 amide bonds. The lowest BCUT2D eigenvalue weighted by Crippen LogP contribution is -2.33. The third-order valence-electron chi connectivity index (χ3n) is 21.3. The SMILES string of the molecule is C#CCOC1(OCC#C)c2ccccc2-c2ccc(-c3ccc(C(c4ccc(-c5ccc6c(c5)C(OCC#C)(OCC#C)c5ccccc5-6)cc4)(c4ccc(-c5ccc6c(c5)C(OCC#C)(OCC#C)c5ccccc5-6)cc4)c4ccc(-c5ccc6c(c5)C(OCC#C)(OCC#C)c5ccccc5-6)cc4)cc3)cc21. The quantitative estimate of drug-likeness (QED) is 0.0337. The van der Waals surface area contributed by atoms with E-state index in [1.807, 2.05) is 72.8 Å². The Morgan fingerprint density at radius 3 is 0.541 bits per heavy atom. The fourth-order valence-corrected chi connectivity index (χ4v) is 16.7. The van der Waals surface area contributed by atoms with Gasteiger partial charge in [-0.25, -0.2) is 0 Å². The van der Waals surface area contributed by atoms with E-state index in [-0.39, 0.29) is 52.9 Å². The molecule has 109 heavy (non-hydrogen) atoms. The van der Waals surface area contributed by atoms with Gasteiger partial charge < -0.3 is 37.9 Å². The highest BCUT2D eigenvalue weighted by molar-refractivity contribution is 5.88. The molecule has 12 aromatic rings. The summed E-state index contributed by atoms with van der Waals surface area (Å²) < 4.78 is 52.7. The monoisotopic (exact) mass is 1410 g/mol. The highest BCUT2D eigenvalue weighted by atomic mass is 16.7. The van der Waals surface area contributed by atoms with Crippen LogP contribution in [0.15, 0.2) is 267 Å². The molecular formula is C101H68O8. The number of benzene rings is 12. The highest BCUT2D eigenvalue weighted by Gasteiger charge is 2.51. The molecule has 0 aromatic heterocycles. The molecule has 0 unspecified atom stereocenters. The second-order valence-electron chi connectivity index (χ2n) is 26.7. The van der Waals surface area contributed by atoms with E-state index in [4.69, 9.17) is 89.3 Å². The first-order chi connectivity index (χ1) is 53.6. The topological polar surface area (TPSA) is 73.8 Å². The van der Waals surface area contributed by atoms with Crippen LogP contribution in [-0.4, -0.2) is 52.9 Å². The standard InChI is InChI=1S/C101H68O8/c1-9-57-102-98(103-58-10-2)89-29-21-17-25-81(89)85-53-41-73(65-93(85)98)69-33-45-77(46-34-69)97(78-47-35-70(36-48-78)74-42-54-86-82-26-18-22-30-90(82)99(94(86)66-74,104-59-11-3)105-60-12-4,79-49-37-71(38-50-79)75-43-55-87-83-27-19-23-31-91(83)100(95(87)67-75,106-61-13-5)107-62-14-6)80-51-39-72(40-52-80)76-44-56-88-84-28-20-24-32-92(84)101(96(88)68-76,108-63-15-7)109-64-16-8/h1-8,17-56,65-68H,57-64H2. The first-order valence-corrected chi connectivity index (χ1v) is 35.6. The summed E-state index contributed by atoms with van der Waals surface area (Å²) in [6, 6.07) is 92.8. The van der Waals surface area contributed by atoms with Crippen molar-refractivity contribution >= 4 is 0 Å². The van der Waals surface area contributed by atoms with Crippen LogP contribution in [-0.2, 0) is 66.5 Å². The fourth-order valence-electron chi connectivity index (χ4n) is 16.7. The van der Waals surface area contributed by atoms with Gasteiger partial charge in [-0.15, -0.1) is 51.4 Å². The number of hydrogen-bond donors (Lipinski definition) is 0. The van der Waals surface area contributed by atoms with Crippen molar-refractivity contribution in [3.8, 4) is 188 Å². The Labute approximate surface area is 637 Å². The van der Waals surface area contributed by atoms with Crippen molar-refractivity contribution in [2.45, 2.75) is 28.6 Å². The molecule has 0 spiro atoms. The lowest BCUT2D eigenvalue weighted by molar-refractivity contribution is -0.200. The molecule has 4 aliphatic carbocycles. The number of hydrogen-bond acceptors (Lipinski definition) is 8. The predicted molar refractivity (Wildman–Crippen MR) is 430 cm³/mol. The Hall–Kier alpha value is -13.2. The van der Waals surface area contributed by atoms with Crippen LogP contribution in [0.2, 0.25) is 0 Å². The average molecular weight is 1410 g/mol. The van der Waals surface area contributed by atoms with Gasteiger partial charge in [0.05, 0.1) is 5.41 Å². The van der Waals surface area contributed by atoms with Crippen molar-refractivity contribution in [1.82, 2.24) is 0 Å². The van der Waals surface area contributed by atoms with Gasteiger partial charge in [-0.1, -0.05) is 290 Å². The summed E-state index contributed by atoms with van der Waals surface area (Å²) in [4.78, 5) is 0. The first kappa shape index (κ1) is 70.1. The van der Waals surface area contributed by atoms with Crippen LogP contribution in [0.5, 0.6) is 0 Å². The summed E-state index contributed by atoms with van der Waals surface area (Å²) >= 11 is 0. The zero-order valence-corrected chi connectivity index (χ0v) is 59.4. The molecule has 12 aromatic carbocycles. The minimum Gasteiger partial charge on any atom is -0.329 e. The molecule has 8 heteroatoms. The summed E-state index contributed by atoms with van der Waals surface area (Å²) in [6.07, 6.45) is 47.3. The molecule has 4 aliphatic rings. The molecule has 0 radical (unpaired) electrons. The van der Waals surface area contributed by atoms with Crippen LogP contribution >= 0.6 is 0 Å². The summed E-state index contributed by atoms with van der Waals surface area (Å²) in [7, 11) is 0. The van der Waals surface area contributed by atoms with Crippen molar-refractivity contribution in [3.63, 3.8) is 0 Å². The minimum absolute atomic E-state index is 0.0185. The normalized spacial score (nSPS) is 13.9. The van der Waals surface area contributed by atoms with Crippen molar-refractivity contribution < 1.29 is 37.9 Å². The Morgan fingerprint density at radius 2 is 0.358 bits per heavy atom. The van der Waals surface area contributed by atoms with Crippen LogP contribution in [0.1, 0.15) is 66.8 Å². The van der Waals surface area contributed by atoms with Crippen molar-refractivity contribution in [1.29, 1.82) is 0 Å².